The van der Waals surface area contributed by atoms with E-state index in [4.69, 9.17) is 0 Å². The molecule has 1 amide bonds. The Hall–Kier alpha value is -2.49. The second-order valence-corrected chi connectivity index (χ2v) is 5.88. The van der Waals surface area contributed by atoms with Gasteiger partial charge in [0.15, 0.2) is 5.78 Å². The first-order valence-electron chi connectivity index (χ1n) is 8.17. The number of hydrogen-bond donors (Lipinski definition) is 1. The molecule has 0 unspecified atom stereocenters. The number of Topliss-reactive ketones (excluding diaryl/α,β-unsaturated/α-hetero) is 1. The number of ketones is 1. The van der Waals surface area contributed by atoms with Gasteiger partial charge < -0.3 is 5.32 Å². The average Bonchev–Trinajstić information content (AvgIpc) is 2.57. The van der Waals surface area contributed by atoms with E-state index in [0.717, 1.165) is 18.4 Å². The number of hydrogen-bond acceptors (Lipinski definition) is 2. The van der Waals surface area contributed by atoms with E-state index < -0.39 is 5.82 Å². The Labute approximate surface area is 141 Å². The van der Waals surface area contributed by atoms with E-state index in [0.29, 0.717) is 11.3 Å². The summed E-state index contributed by atoms with van der Waals surface area (Å²) in [5, 5.41) is 2.65. The van der Waals surface area contributed by atoms with Gasteiger partial charge >= 0.3 is 0 Å². The Kier molecular flexibility index (Phi) is 6.24. The zero-order valence-corrected chi connectivity index (χ0v) is 14.1. The van der Waals surface area contributed by atoms with Gasteiger partial charge in [0.25, 0.3) is 0 Å². The molecule has 0 saturated carbocycles. The summed E-state index contributed by atoms with van der Waals surface area (Å²) < 4.78 is 13.2. The van der Waals surface area contributed by atoms with Crippen molar-refractivity contribution in [3.63, 3.8) is 0 Å². The molecule has 0 atom stereocenters. The van der Waals surface area contributed by atoms with Gasteiger partial charge in [0, 0.05) is 24.1 Å². The van der Waals surface area contributed by atoms with Crippen LogP contribution in [0.15, 0.2) is 42.5 Å². The van der Waals surface area contributed by atoms with Gasteiger partial charge in [-0.15, -0.1) is 0 Å². The van der Waals surface area contributed by atoms with Crippen molar-refractivity contribution >= 4 is 17.4 Å². The standard InChI is InChI=1S/C20H22FNO2/c1-3-4-15-6-8-16(9-7-15)19(23)11-12-20(24)22-18-13-17(21)10-5-14(18)2/h5-10,13H,3-4,11-12H2,1-2H3,(H,22,24). The molecule has 2 rings (SSSR count). The summed E-state index contributed by atoms with van der Waals surface area (Å²) in [6, 6.07) is 11.7. The van der Waals surface area contributed by atoms with Gasteiger partial charge in [0.1, 0.15) is 5.82 Å². The normalized spacial score (nSPS) is 10.5. The summed E-state index contributed by atoms with van der Waals surface area (Å²) >= 11 is 0. The number of nitrogens with one attached hydrogen (secondary N) is 1. The first-order chi connectivity index (χ1) is 11.5. The zero-order valence-electron chi connectivity index (χ0n) is 14.1. The number of halogens is 1. The molecule has 0 aliphatic rings. The van der Waals surface area contributed by atoms with Crippen LogP contribution in [0.5, 0.6) is 0 Å². The second kappa shape index (κ2) is 8.39. The number of rotatable bonds is 7. The maximum atomic E-state index is 13.2. The van der Waals surface area contributed by atoms with Gasteiger partial charge in [-0.05, 0) is 36.6 Å². The molecular formula is C20H22FNO2. The van der Waals surface area contributed by atoms with Gasteiger partial charge in [0.05, 0.1) is 0 Å². The lowest BCUT2D eigenvalue weighted by molar-refractivity contribution is -0.116. The van der Waals surface area contributed by atoms with Crippen LogP contribution in [-0.4, -0.2) is 11.7 Å². The Morgan fingerprint density at radius 1 is 1.04 bits per heavy atom. The van der Waals surface area contributed by atoms with Crippen LogP contribution in [0.25, 0.3) is 0 Å². The minimum atomic E-state index is -0.404. The summed E-state index contributed by atoms with van der Waals surface area (Å²) in [4.78, 5) is 24.1. The van der Waals surface area contributed by atoms with Crippen molar-refractivity contribution in [2.45, 2.75) is 39.5 Å². The Balaban J connectivity index is 1.88. The predicted octanol–water partition coefficient (Wildman–Crippen LogP) is 4.69. The average molecular weight is 327 g/mol. The minimum Gasteiger partial charge on any atom is -0.326 e. The van der Waals surface area contributed by atoms with E-state index >= 15 is 0 Å². The number of aryl methyl sites for hydroxylation is 2. The Bertz CT molecular complexity index is 723. The predicted molar refractivity (Wildman–Crippen MR) is 93.8 cm³/mol. The molecule has 24 heavy (non-hydrogen) atoms. The lowest BCUT2D eigenvalue weighted by Crippen LogP contribution is -2.14. The van der Waals surface area contributed by atoms with Crippen molar-refractivity contribution in [2.24, 2.45) is 0 Å². The van der Waals surface area contributed by atoms with Crippen LogP contribution in [0.3, 0.4) is 0 Å². The van der Waals surface area contributed by atoms with Crippen LogP contribution < -0.4 is 5.32 Å². The molecule has 0 aromatic heterocycles. The van der Waals surface area contributed by atoms with Crippen molar-refractivity contribution < 1.29 is 14.0 Å². The van der Waals surface area contributed by atoms with E-state index in [1.54, 1.807) is 13.0 Å². The molecule has 1 N–H and O–H groups in total. The molecule has 0 heterocycles. The fraction of sp³-hybridized carbons (Fsp3) is 0.300. The number of anilines is 1. The molecule has 2 aromatic carbocycles. The molecule has 0 aliphatic heterocycles. The third kappa shape index (κ3) is 5.01. The number of carbonyl (C=O) groups is 2. The lowest BCUT2D eigenvalue weighted by atomic mass is 10.0. The molecule has 2 aromatic rings. The van der Waals surface area contributed by atoms with Crippen LogP contribution in [0.1, 0.15) is 47.7 Å². The van der Waals surface area contributed by atoms with Gasteiger partial charge in [0.2, 0.25) is 5.91 Å². The maximum Gasteiger partial charge on any atom is 0.224 e. The topological polar surface area (TPSA) is 46.2 Å². The van der Waals surface area contributed by atoms with Crippen LogP contribution >= 0.6 is 0 Å². The third-order valence-corrected chi connectivity index (χ3v) is 3.87. The van der Waals surface area contributed by atoms with Crippen molar-refractivity contribution in [2.75, 3.05) is 5.32 Å². The molecule has 3 nitrogen and oxygen atoms in total. The highest BCUT2D eigenvalue weighted by Crippen LogP contribution is 2.17. The summed E-state index contributed by atoms with van der Waals surface area (Å²) in [6.45, 7) is 3.90. The van der Waals surface area contributed by atoms with E-state index in [1.807, 2.05) is 24.3 Å². The molecular weight excluding hydrogens is 305 g/mol. The highest BCUT2D eigenvalue weighted by atomic mass is 19.1. The van der Waals surface area contributed by atoms with Crippen LogP contribution in [0.4, 0.5) is 10.1 Å². The molecule has 0 spiro atoms. The van der Waals surface area contributed by atoms with Gasteiger partial charge in [-0.25, -0.2) is 4.39 Å². The highest BCUT2D eigenvalue weighted by Gasteiger charge is 2.11. The number of carbonyl (C=O) groups excluding carboxylic acids is 2. The summed E-state index contributed by atoms with van der Waals surface area (Å²) in [7, 11) is 0. The van der Waals surface area contributed by atoms with E-state index in [-0.39, 0.29) is 24.5 Å². The molecule has 4 heteroatoms. The molecule has 0 saturated heterocycles. The Morgan fingerprint density at radius 3 is 2.42 bits per heavy atom. The van der Waals surface area contributed by atoms with Crippen molar-refractivity contribution in [3.8, 4) is 0 Å². The lowest BCUT2D eigenvalue weighted by Gasteiger charge is -2.08. The number of amides is 1. The third-order valence-electron chi connectivity index (χ3n) is 3.87. The first kappa shape index (κ1) is 17.9. The van der Waals surface area contributed by atoms with Crippen molar-refractivity contribution in [1.29, 1.82) is 0 Å². The summed E-state index contributed by atoms with van der Waals surface area (Å²) in [5.41, 5.74) is 3.04. The molecule has 0 fully saturated rings. The minimum absolute atomic E-state index is 0.0656. The van der Waals surface area contributed by atoms with Crippen molar-refractivity contribution in [1.82, 2.24) is 0 Å². The van der Waals surface area contributed by atoms with Gasteiger partial charge in [-0.3, -0.25) is 9.59 Å². The van der Waals surface area contributed by atoms with Crippen LogP contribution in [0.2, 0.25) is 0 Å². The first-order valence-corrected chi connectivity index (χ1v) is 8.17. The smallest absolute Gasteiger partial charge is 0.224 e. The fourth-order valence-corrected chi connectivity index (χ4v) is 2.46. The molecule has 0 bridgehead atoms. The van der Waals surface area contributed by atoms with Crippen molar-refractivity contribution in [3.05, 3.63) is 65.0 Å². The highest BCUT2D eigenvalue weighted by molar-refractivity contribution is 6.00. The molecule has 0 radical (unpaired) electrons. The number of benzene rings is 2. The maximum absolute atomic E-state index is 13.2. The van der Waals surface area contributed by atoms with E-state index in [1.165, 1.54) is 17.7 Å². The van der Waals surface area contributed by atoms with Gasteiger partial charge in [-0.1, -0.05) is 43.7 Å². The van der Waals surface area contributed by atoms with Crippen LogP contribution in [-0.2, 0) is 11.2 Å². The summed E-state index contributed by atoms with van der Waals surface area (Å²) in [5.74, 6) is -0.761. The zero-order chi connectivity index (χ0) is 17.5. The molecule has 126 valence electrons. The Morgan fingerprint density at radius 2 is 1.75 bits per heavy atom. The second-order valence-electron chi connectivity index (χ2n) is 5.88. The van der Waals surface area contributed by atoms with E-state index in [2.05, 4.69) is 12.2 Å². The monoisotopic (exact) mass is 327 g/mol. The van der Waals surface area contributed by atoms with Gasteiger partial charge in [-0.2, -0.15) is 0 Å². The van der Waals surface area contributed by atoms with E-state index in [9.17, 15) is 14.0 Å². The van der Waals surface area contributed by atoms with Crippen LogP contribution in [0, 0.1) is 12.7 Å². The quantitative estimate of drug-likeness (QED) is 0.750. The molecule has 0 aliphatic carbocycles. The SMILES string of the molecule is CCCc1ccc(C(=O)CCC(=O)Nc2cc(F)ccc2C)cc1. The summed E-state index contributed by atoms with van der Waals surface area (Å²) in [6.07, 6.45) is 2.26. The fourth-order valence-electron chi connectivity index (χ4n) is 2.46. The largest absolute Gasteiger partial charge is 0.326 e.